The molecule has 0 saturated carbocycles. The lowest BCUT2D eigenvalue weighted by Gasteiger charge is -2.16. The first-order chi connectivity index (χ1) is 10.9. The van der Waals surface area contributed by atoms with E-state index in [0.29, 0.717) is 18.0 Å². The topological polar surface area (TPSA) is 71.3 Å². The van der Waals surface area contributed by atoms with Gasteiger partial charge >= 0.3 is 5.97 Å². The van der Waals surface area contributed by atoms with Crippen LogP contribution in [-0.4, -0.2) is 27.6 Å². The fourth-order valence-electron chi connectivity index (χ4n) is 2.56. The summed E-state index contributed by atoms with van der Waals surface area (Å²) < 4.78 is 1.94. The Morgan fingerprint density at radius 1 is 1.30 bits per heavy atom. The maximum absolute atomic E-state index is 12.0. The number of rotatable bonds is 7. The van der Waals surface area contributed by atoms with Crippen molar-refractivity contribution in [3.05, 3.63) is 35.5 Å². The van der Waals surface area contributed by atoms with Crippen LogP contribution in [0.1, 0.15) is 26.7 Å². The van der Waals surface area contributed by atoms with E-state index in [1.54, 1.807) is 0 Å². The second-order valence-corrected chi connectivity index (χ2v) is 6.43. The number of carbonyl (C=O) groups excluding carboxylic acids is 1. The summed E-state index contributed by atoms with van der Waals surface area (Å²) in [5.74, 6) is -1.06. The van der Waals surface area contributed by atoms with Crippen LogP contribution in [0.25, 0.3) is 10.9 Å². The monoisotopic (exact) mass is 336 g/mol. The largest absolute Gasteiger partial charge is 0.480 e. The molecule has 0 aliphatic heterocycles. The van der Waals surface area contributed by atoms with Crippen molar-refractivity contribution >= 4 is 34.4 Å². The molecule has 2 rings (SSSR count). The molecular weight excluding hydrogens is 316 g/mol. The zero-order valence-corrected chi connectivity index (χ0v) is 14.0. The summed E-state index contributed by atoms with van der Waals surface area (Å²) in [4.78, 5) is 23.2. The van der Waals surface area contributed by atoms with Crippen molar-refractivity contribution in [1.29, 1.82) is 0 Å². The first-order valence-electron chi connectivity index (χ1n) is 7.64. The molecular formula is C17H21ClN2O3. The van der Waals surface area contributed by atoms with Gasteiger partial charge in [0.15, 0.2) is 0 Å². The molecule has 0 spiro atoms. The average Bonchev–Trinajstić information content (AvgIpc) is 2.88. The Morgan fingerprint density at radius 3 is 2.70 bits per heavy atom. The Kier molecular flexibility index (Phi) is 5.66. The molecule has 0 fully saturated rings. The minimum atomic E-state index is -0.995. The number of halogens is 1. The van der Waals surface area contributed by atoms with Gasteiger partial charge in [-0.05, 0) is 30.5 Å². The maximum Gasteiger partial charge on any atom is 0.326 e. The van der Waals surface area contributed by atoms with Crippen LogP contribution in [0.2, 0.25) is 5.02 Å². The number of carbonyl (C=O) groups is 2. The summed E-state index contributed by atoms with van der Waals surface area (Å²) in [5.41, 5.74) is 0.960. The summed E-state index contributed by atoms with van der Waals surface area (Å²) in [7, 11) is 0. The van der Waals surface area contributed by atoms with Crippen LogP contribution in [0, 0.1) is 5.92 Å². The molecule has 1 aromatic heterocycles. The van der Waals surface area contributed by atoms with Crippen LogP contribution >= 0.6 is 11.6 Å². The number of benzene rings is 1. The van der Waals surface area contributed by atoms with E-state index < -0.39 is 12.0 Å². The number of fused-ring (bicyclic) bond motifs is 1. The lowest BCUT2D eigenvalue weighted by atomic mass is 10.0. The smallest absolute Gasteiger partial charge is 0.326 e. The van der Waals surface area contributed by atoms with Gasteiger partial charge in [0.05, 0.1) is 0 Å². The molecule has 1 heterocycles. The van der Waals surface area contributed by atoms with Crippen molar-refractivity contribution in [2.45, 2.75) is 39.3 Å². The normalized spacial score (nSPS) is 12.5. The SMILES string of the molecule is CC(C)C[C@H](NC(=O)CCn1ccc2c(Cl)cccc21)C(=O)O. The van der Waals surface area contributed by atoms with Crippen molar-refractivity contribution in [2.24, 2.45) is 5.92 Å². The summed E-state index contributed by atoms with van der Waals surface area (Å²) in [6, 6.07) is 6.71. The van der Waals surface area contributed by atoms with E-state index >= 15 is 0 Å². The molecule has 1 atom stereocenters. The number of hydrogen-bond donors (Lipinski definition) is 2. The van der Waals surface area contributed by atoms with Gasteiger partial charge in [-0.2, -0.15) is 0 Å². The van der Waals surface area contributed by atoms with E-state index in [2.05, 4.69) is 5.32 Å². The van der Waals surface area contributed by atoms with Crippen LogP contribution in [0.15, 0.2) is 30.5 Å². The summed E-state index contributed by atoms with van der Waals surface area (Å²) in [5, 5.41) is 13.4. The number of aromatic nitrogens is 1. The number of amides is 1. The van der Waals surface area contributed by atoms with Crippen LogP contribution in [0.4, 0.5) is 0 Å². The first kappa shape index (κ1) is 17.3. The van der Waals surface area contributed by atoms with Gasteiger partial charge in [-0.25, -0.2) is 4.79 Å². The molecule has 2 aromatic rings. The molecule has 23 heavy (non-hydrogen) atoms. The number of carboxylic acids is 1. The van der Waals surface area contributed by atoms with Gasteiger partial charge in [0.25, 0.3) is 0 Å². The molecule has 5 nitrogen and oxygen atoms in total. The molecule has 0 unspecified atom stereocenters. The highest BCUT2D eigenvalue weighted by Crippen LogP contribution is 2.24. The van der Waals surface area contributed by atoms with Crippen molar-refractivity contribution in [1.82, 2.24) is 9.88 Å². The third kappa shape index (κ3) is 4.48. The first-order valence-corrected chi connectivity index (χ1v) is 8.01. The summed E-state index contributed by atoms with van der Waals surface area (Å²) in [6.07, 6.45) is 2.52. The van der Waals surface area contributed by atoms with E-state index in [4.69, 9.17) is 16.7 Å². The fourth-order valence-corrected chi connectivity index (χ4v) is 2.79. The molecule has 0 bridgehead atoms. The fraction of sp³-hybridized carbons (Fsp3) is 0.412. The zero-order valence-electron chi connectivity index (χ0n) is 13.3. The number of hydrogen-bond acceptors (Lipinski definition) is 2. The Bertz CT molecular complexity index is 709. The van der Waals surface area contributed by atoms with Crippen molar-refractivity contribution in [2.75, 3.05) is 0 Å². The Morgan fingerprint density at radius 2 is 2.04 bits per heavy atom. The van der Waals surface area contributed by atoms with Crippen LogP contribution in [-0.2, 0) is 16.1 Å². The standard InChI is InChI=1S/C17H21ClN2O3/c1-11(2)10-14(17(22)23)19-16(21)7-9-20-8-6-12-13(18)4-3-5-15(12)20/h3-6,8,11,14H,7,9-10H2,1-2H3,(H,19,21)(H,22,23)/t14-/m0/s1. The van der Waals surface area contributed by atoms with E-state index in [0.717, 1.165) is 10.9 Å². The van der Waals surface area contributed by atoms with Crippen molar-refractivity contribution in [3.8, 4) is 0 Å². The quantitative estimate of drug-likeness (QED) is 0.815. The van der Waals surface area contributed by atoms with E-state index in [-0.39, 0.29) is 18.2 Å². The molecule has 0 radical (unpaired) electrons. The lowest BCUT2D eigenvalue weighted by molar-refractivity contribution is -0.142. The zero-order chi connectivity index (χ0) is 17.0. The molecule has 0 aliphatic carbocycles. The maximum atomic E-state index is 12.0. The van der Waals surface area contributed by atoms with Crippen molar-refractivity contribution < 1.29 is 14.7 Å². The molecule has 6 heteroatoms. The summed E-state index contributed by atoms with van der Waals surface area (Å²) in [6.45, 7) is 4.33. The molecule has 1 amide bonds. The highest BCUT2D eigenvalue weighted by atomic mass is 35.5. The van der Waals surface area contributed by atoms with Crippen LogP contribution < -0.4 is 5.32 Å². The third-order valence-corrected chi connectivity index (χ3v) is 4.01. The number of nitrogens with one attached hydrogen (secondary N) is 1. The second kappa shape index (κ2) is 7.51. The Balaban J connectivity index is 1.98. The van der Waals surface area contributed by atoms with E-state index in [1.165, 1.54) is 0 Å². The molecule has 1 aromatic carbocycles. The third-order valence-electron chi connectivity index (χ3n) is 3.68. The average molecular weight is 337 g/mol. The predicted molar refractivity (Wildman–Crippen MR) is 90.6 cm³/mol. The predicted octanol–water partition coefficient (Wildman–Crippen LogP) is 3.30. The minimum absolute atomic E-state index is 0.201. The summed E-state index contributed by atoms with van der Waals surface area (Å²) >= 11 is 6.13. The van der Waals surface area contributed by atoms with Gasteiger partial charge < -0.3 is 15.0 Å². The van der Waals surface area contributed by atoms with Gasteiger partial charge in [0.2, 0.25) is 5.91 Å². The Labute approximate surface area is 140 Å². The van der Waals surface area contributed by atoms with E-state index in [1.807, 2.05) is 48.9 Å². The molecule has 124 valence electrons. The van der Waals surface area contributed by atoms with Gasteiger partial charge in [0.1, 0.15) is 6.04 Å². The molecule has 0 aliphatic rings. The van der Waals surface area contributed by atoms with Crippen LogP contribution in [0.3, 0.4) is 0 Å². The van der Waals surface area contributed by atoms with Gasteiger partial charge in [-0.15, -0.1) is 0 Å². The number of aliphatic carboxylic acids is 1. The lowest BCUT2D eigenvalue weighted by Crippen LogP contribution is -2.41. The molecule has 0 saturated heterocycles. The van der Waals surface area contributed by atoms with E-state index in [9.17, 15) is 9.59 Å². The number of aryl methyl sites for hydroxylation is 1. The molecule has 2 N–H and O–H groups in total. The van der Waals surface area contributed by atoms with Gasteiger partial charge in [-0.3, -0.25) is 4.79 Å². The number of carboxylic acid groups (broad SMARTS) is 1. The van der Waals surface area contributed by atoms with Gasteiger partial charge in [-0.1, -0.05) is 31.5 Å². The highest BCUT2D eigenvalue weighted by molar-refractivity contribution is 6.35. The van der Waals surface area contributed by atoms with Gasteiger partial charge in [0, 0.05) is 35.1 Å². The van der Waals surface area contributed by atoms with Crippen molar-refractivity contribution in [3.63, 3.8) is 0 Å². The van der Waals surface area contributed by atoms with Crippen LogP contribution in [0.5, 0.6) is 0 Å². The highest BCUT2D eigenvalue weighted by Gasteiger charge is 2.20. The Hall–Kier alpha value is -2.01. The minimum Gasteiger partial charge on any atom is -0.480 e. The number of nitrogens with zero attached hydrogens (tertiary/aromatic N) is 1. The second-order valence-electron chi connectivity index (χ2n) is 6.02.